The van der Waals surface area contributed by atoms with Crippen LogP contribution < -0.4 is 10.2 Å². The number of nitrogens with one attached hydrogen (secondary N) is 1. The van der Waals surface area contributed by atoms with E-state index in [2.05, 4.69) is 43.1 Å². The minimum absolute atomic E-state index is 0.0232. The second-order valence-electron chi connectivity index (χ2n) is 6.87. The SMILES string of the molecule is CC(C)(C)Nc1cc(-c2ccccc2)nc(N2CCCC2)n1. The second kappa shape index (κ2) is 5.95. The Morgan fingerprint density at radius 3 is 2.32 bits per heavy atom. The van der Waals surface area contributed by atoms with E-state index < -0.39 is 0 Å². The summed E-state index contributed by atoms with van der Waals surface area (Å²) >= 11 is 0. The first-order valence-electron chi connectivity index (χ1n) is 7.99. The van der Waals surface area contributed by atoms with Crippen LogP contribution in [0.1, 0.15) is 33.6 Å². The van der Waals surface area contributed by atoms with Crippen molar-refractivity contribution in [2.24, 2.45) is 0 Å². The van der Waals surface area contributed by atoms with Crippen molar-refractivity contribution in [2.75, 3.05) is 23.3 Å². The molecule has 0 amide bonds. The van der Waals surface area contributed by atoms with Gasteiger partial charge in [-0.1, -0.05) is 30.3 Å². The maximum absolute atomic E-state index is 4.79. The van der Waals surface area contributed by atoms with Gasteiger partial charge in [-0.3, -0.25) is 0 Å². The zero-order valence-corrected chi connectivity index (χ0v) is 13.6. The first-order valence-corrected chi connectivity index (χ1v) is 7.99. The Morgan fingerprint density at radius 1 is 1.00 bits per heavy atom. The van der Waals surface area contributed by atoms with Crippen LogP contribution in [0.2, 0.25) is 0 Å². The molecule has 4 nitrogen and oxygen atoms in total. The van der Waals surface area contributed by atoms with Gasteiger partial charge in [-0.15, -0.1) is 0 Å². The third kappa shape index (κ3) is 3.56. The molecule has 1 fully saturated rings. The molecule has 1 aliphatic heterocycles. The summed E-state index contributed by atoms with van der Waals surface area (Å²) in [6, 6.07) is 12.3. The second-order valence-corrected chi connectivity index (χ2v) is 6.87. The molecule has 116 valence electrons. The number of rotatable bonds is 3. The predicted octanol–water partition coefficient (Wildman–Crippen LogP) is 3.95. The van der Waals surface area contributed by atoms with Crippen molar-refractivity contribution in [2.45, 2.75) is 39.2 Å². The van der Waals surface area contributed by atoms with Gasteiger partial charge in [-0.05, 0) is 33.6 Å². The molecule has 0 bridgehead atoms. The molecule has 1 aromatic carbocycles. The topological polar surface area (TPSA) is 41.1 Å². The summed E-state index contributed by atoms with van der Waals surface area (Å²) in [4.78, 5) is 11.8. The number of hydrogen-bond donors (Lipinski definition) is 1. The van der Waals surface area contributed by atoms with Gasteiger partial charge in [-0.25, -0.2) is 4.98 Å². The Balaban J connectivity index is 2.01. The summed E-state index contributed by atoms with van der Waals surface area (Å²) in [7, 11) is 0. The van der Waals surface area contributed by atoms with E-state index in [1.54, 1.807) is 0 Å². The molecular weight excluding hydrogens is 272 g/mol. The third-order valence-corrected chi connectivity index (χ3v) is 3.68. The molecule has 22 heavy (non-hydrogen) atoms. The first-order chi connectivity index (χ1) is 10.5. The average Bonchev–Trinajstić information content (AvgIpc) is 3.00. The van der Waals surface area contributed by atoms with Crippen molar-refractivity contribution in [1.82, 2.24) is 9.97 Å². The molecule has 4 heteroatoms. The fourth-order valence-electron chi connectivity index (χ4n) is 2.70. The Hall–Kier alpha value is -2.10. The van der Waals surface area contributed by atoms with Crippen molar-refractivity contribution in [1.29, 1.82) is 0 Å². The lowest BCUT2D eigenvalue weighted by Crippen LogP contribution is -2.28. The van der Waals surface area contributed by atoms with Gasteiger partial charge in [0.2, 0.25) is 5.95 Å². The molecule has 0 radical (unpaired) electrons. The molecule has 1 aliphatic rings. The van der Waals surface area contributed by atoms with Gasteiger partial charge >= 0.3 is 0 Å². The Bertz CT molecular complexity index is 625. The van der Waals surface area contributed by atoms with Crippen LogP contribution in [0, 0.1) is 0 Å². The summed E-state index contributed by atoms with van der Waals surface area (Å²) < 4.78 is 0. The molecule has 3 rings (SSSR count). The summed E-state index contributed by atoms with van der Waals surface area (Å²) in [5.74, 6) is 1.73. The van der Waals surface area contributed by atoms with Crippen LogP contribution >= 0.6 is 0 Å². The highest BCUT2D eigenvalue weighted by Crippen LogP contribution is 2.26. The summed E-state index contributed by atoms with van der Waals surface area (Å²) in [6.07, 6.45) is 2.45. The molecule has 1 N–H and O–H groups in total. The predicted molar refractivity (Wildman–Crippen MR) is 92.3 cm³/mol. The molecule has 0 atom stereocenters. The minimum atomic E-state index is -0.0232. The van der Waals surface area contributed by atoms with Gasteiger partial charge < -0.3 is 10.2 Å². The molecule has 0 unspecified atom stereocenters. The van der Waals surface area contributed by atoms with Crippen molar-refractivity contribution >= 4 is 11.8 Å². The zero-order valence-electron chi connectivity index (χ0n) is 13.6. The molecule has 0 spiro atoms. The van der Waals surface area contributed by atoms with E-state index >= 15 is 0 Å². The van der Waals surface area contributed by atoms with Crippen LogP contribution in [-0.2, 0) is 0 Å². The van der Waals surface area contributed by atoms with E-state index in [9.17, 15) is 0 Å². The van der Waals surface area contributed by atoms with E-state index in [0.717, 1.165) is 36.1 Å². The van der Waals surface area contributed by atoms with Crippen LogP contribution in [0.5, 0.6) is 0 Å². The molecule has 2 heterocycles. The summed E-state index contributed by atoms with van der Waals surface area (Å²) in [6.45, 7) is 8.53. The first kappa shape index (κ1) is 14.8. The molecule has 1 saturated heterocycles. The molecule has 1 aromatic heterocycles. The quantitative estimate of drug-likeness (QED) is 0.931. The van der Waals surface area contributed by atoms with Gasteiger partial charge in [0.15, 0.2) is 0 Å². The van der Waals surface area contributed by atoms with Crippen molar-refractivity contribution in [3.05, 3.63) is 36.4 Å². The molecule has 0 saturated carbocycles. The number of aromatic nitrogens is 2. The molecular formula is C18H24N4. The van der Waals surface area contributed by atoms with Gasteiger partial charge in [0.05, 0.1) is 5.69 Å². The van der Waals surface area contributed by atoms with E-state index in [-0.39, 0.29) is 5.54 Å². The normalized spacial score (nSPS) is 15.1. The number of benzene rings is 1. The van der Waals surface area contributed by atoms with Gasteiger partial charge in [0.1, 0.15) is 5.82 Å². The van der Waals surface area contributed by atoms with E-state index in [0.29, 0.717) is 0 Å². The lowest BCUT2D eigenvalue weighted by atomic mass is 10.1. The fourth-order valence-corrected chi connectivity index (χ4v) is 2.70. The Morgan fingerprint density at radius 2 is 1.68 bits per heavy atom. The monoisotopic (exact) mass is 296 g/mol. The van der Waals surface area contributed by atoms with Crippen LogP contribution in [0.4, 0.5) is 11.8 Å². The highest BCUT2D eigenvalue weighted by atomic mass is 15.3. The Labute approximate surface area is 132 Å². The number of nitrogens with zero attached hydrogens (tertiary/aromatic N) is 3. The van der Waals surface area contributed by atoms with Gasteiger partial charge in [0, 0.05) is 30.3 Å². The molecule has 0 aliphatic carbocycles. The Kier molecular flexibility index (Phi) is 4.01. The summed E-state index contributed by atoms with van der Waals surface area (Å²) in [5, 5.41) is 3.48. The van der Waals surface area contributed by atoms with Crippen molar-refractivity contribution in [3.63, 3.8) is 0 Å². The largest absolute Gasteiger partial charge is 0.365 e. The smallest absolute Gasteiger partial charge is 0.227 e. The summed E-state index contributed by atoms with van der Waals surface area (Å²) in [5.41, 5.74) is 2.08. The lowest BCUT2D eigenvalue weighted by Gasteiger charge is -2.23. The van der Waals surface area contributed by atoms with Gasteiger partial charge in [-0.2, -0.15) is 4.98 Å². The van der Waals surface area contributed by atoms with Crippen LogP contribution in [0.25, 0.3) is 11.3 Å². The highest BCUT2D eigenvalue weighted by Gasteiger charge is 2.18. The van der Waals surface area contributed by atoms with Crippen LogP contribution in [-0.4, -0.2) is 28.6 Å². The van der Waals surface area contributed by atoms with Crippen molar-refractivity contribution < 1.29 is 0 Å². The number of hydrogen-bond acceptors (Lipinski definition) is 4. The van der Waals surface area contributed by atoms with E-state index in [1.165, 1.54) is 12.8 Å². The third-order valence-electron chi connectivity index (χ3n) is 3.68. The zero-order chi connectivity index (χ0) is 15.6. The number of anilines is 2. The maximum atomic E-state index is 4.79. The van der Waals surface area contributed by atoms with Crippen molar-refractivity contribution in [3.8, 4) is 11.3 Å². The minimum Gasteiger partial charge on any atom is -0.365 e. The standard InChI is InChI=1S/C18H24N4/c1-18(2,3)21-16-13-15(14-9-5-4-6-10-14)19-17(20-16)22-11-7-8-12-22/h4-6,9-10,13H,7-8,11-12H2,1-3H3,(H,19,20,21). The highest BCUT2D eigenvalue weighted by molar-refractivity contribution is 5.64. The molecule has 2 aromatic rings. The lowest BCUT2D eigenvalue weighted by molar-refractivity contribution is 0.630. The van der Waals surface area contributed by atoms with Gasteiger partial charge in [0.25, 0.3) is 0 Å². The fraction of sp³-hybridized carbons (Fsp3) is 0.444. The van der Waals surface area contributed by atoms with E-state index in [1.807, 2.05) is 24.3 Å². The maximum Gasteiger partial charge on any atom is 0.227 e. The van der Waals surface area contributed by atoms with Crippen LogP contribution in [0.3, 0.4) is 0 Å². The van der Waals surface area contributed by atoms with Crippen LogP contribution in [0.15, 0.2) is 36.4 Å². The van der Waals surface area contributed by atoms with E-state index in [4.69, 9.17) is 9.97 Å². The average molecular weight is 296 g/mol.